The fraction of sp³-hybridized carbons (Fsp3) is 0.750. The van der Waals surface area contributed by atoms with Crippen LogP contribution in [0.15, 0.2) is 12.8 Å². The van der Waals surface area contributed by atoms with Crippen molar-refractivity contribution in [3.05, 3.63) is 12.8 Å². The third-order valence-electron chi connectivity index (χ3n) is 2.36. The van der Waals surface area contributed by atoms with E-state index in [2.05, 4.69) is 11.9 Å². The summed E-state index contributed by atoms with van der Waals surface area (Å²) in [6.07, 6.45) is 10.0. The van der Waals surface area contributed by atoms with Crippen LogP contribution in [0.1, 0.15) is 51.4 Å². The first kappa shape index (κ1) is 14.0. The van der Waals surface area contributed by atoms with Crippen LogP contribution in [0.4, 0.5) is 0 Å². The quantitative estimate of drug-likeness (QED) is 0.519. The lowest BCUT2D eigenvalue weighted by molar-refractivity contribution is -0.137. The summed E-state index contributed by atoms with van der Waals surface area (Å²) in [7, 11) is 0. The predicted molar refractivity (Wildman–Crippen MR) is 62.8 cm³/mol. The standard InChI is InChI=1S/C12H23NO2/c1-2-13-11-9-7-5-3-4-6-8-10-12(14)15/h2,13H,1,3-11H2,(H,14,15). The van der Waals surface area contributed by atoms with Crippen LogP contribution in [0.2, 0.25) is 0 Å². The molecule has 0 saturated carbocycles. The molecule has 0 aliphatic rings. The molecule has 3 heteroatoms. The van der Waals surface area contributed by atoms with Gasteiger partial charge in [0, 0.05) is 13.0 Å². The Labute approximate surface area is 92.6 Å². The second kappa shape index (κ2) is 11.1. The number of nitrogens with one attached hydrogen (secondary N) is 1. The van der Waals surface area contributed by atoms with E-state index >= 15 is 0 Å². The Balaban J connectivity index is 2.92. The zero-order valence-corrected chi connectivity index (χ0v) is 9.50. The minimum absolute atomic E-state index is 0.323. The van der Waals surface area contributed by atoms with Gasteiger partial charge in [0.1, 0.15) is 0 Å². The van der Waals surface area contributed by atoms with Gasteiger partial charge < -0.3 is 10.4 Å². The highest BCUT2D eigenvalue weighted by Crippen LogP contribution is 2.08. The zero-order chi connectivity index (χ0) is 11.4. The number of unbranched alkanes of at least 4 members (excludes halogenated alkanes) is 6. The molecule has 0 heterocycles. The van der Waals surface area contributed by atoms with Crippen molar-refractivity contribution in [2.75, 3.05) is 6.54 Å². The molecule has 88 valence electrons. The molecular formula is C12H23NO2. The smallest absolute Gasteiger partial charge is 0.303 e. The van der Waals surface area contributed by atoms with Crippen LogP contribution in [-0.4, -0.2) is 17.6 Å². The number of carboxylic acids is 1. The van der Waals surface area contributed by atoms with Crippen LogP contribution < -0.4 is 5.32 Å². The first-order chi connectivity index (χ1) is 7.27. The molecule has 0 aromatic heterocycles. The highest BCUT2D eigenvalue weighted by Gasteiger charge is 1.96. The summed E-state index contributed by atoms with van der Waals surface area (Å²) in [6.45, 7) is 4.60. The molecule has 3 nitrogen and oxygen atoms in total. The summed E-state index contributed by atoms with van der Waals surface area (Å²) >= 11 is 0. The highest BCUT2D eigenvalue weighted by atomic mass is 16.4. The summed E-state index contributed by atoms with van der Waals surface area (Å²) in [5.74, 6) is -0.675. The van der Waals surface area contributed by atoms with E-state index in [1.165, 1.54) is 32.1 Å². The second-order valence-electron chi connectivity index (χ2n) is 3.78. The maximum Gasteiger partial charge on any atom is 0.303 e. The number of aliphatic carboxylic acids is 1. The molecule has 0 aliphatic carbocycles. The van der Waals surface area contributed by atoms with E-state index in [0.29, 0.717) is 6.42 Å². The van der Waals surface area contributed by atoms with E-state index in [1.807, 2.05) is 0 Å². The lowest BCUT2D eigenvalue weighted by Crippen LogP contribution is -2.05. The Kier molecular flexibility index (Phi) is 10.4. The number of carboxylic acid groups (broad SMARTS) is 1. The number of carbonyl (C=O) groups is 1. The summed E-state index contributed by atoms with van der Waals surface area (Å²) in [5.41, 5.74) is 0. The van der Waals surface area contributed by atoms with Gasteiger partial charge in [-0.1, -0.05) is 38.7 Å². The maximum absolute atomic E-state index is 10.2. The average Bonchev–Trinajstić information content (AvgIpc) is 2.20. The Hall–Kier alpha value is -0.990. The molecule has 0 amide bonds. The lowest BCUT2D eigenvalue weighted by atomic mass is 10.1. The van der Waals surface area contributed by atoms with Gasteiger partial charge in [-0.05, 0) is 19.0 Å². The van der Waals surface area contributed by atoms with Gasteiger partial charge in [-0.3, -0.25) is 4.79 Å². The fourth-order valence-electron chi connectivity index (χ4n) is 1.49. The van der Waals surface area contributed by atoms with Crippen LogP contribution >= 0.6 is 0 Å². The van der Waals surface area contributed by atoms with Crippen molar-refractivity contribution in [1.29, 1.82) is 0 Å². The molecule has 0 fully saturated rings. The van der Waals surface area contributed by atoms with E-state index in [0.717, 1.165) is 19.4 Å². The molecule has 15 heavy (non-hydrogen) atoms. The van der Waals surface area contributed by atoms with Crippen molar-refractivity contribution in [2.24, 2.45) is 0 Å². The van der Waals surface area contributed by atoms with Crippen LogP contribution in [0.5, 0.6) is 0 Å². The summed E-state index contributed by atoms with van der Waals surface area (Å²) < 4.78 is 0. The second-order valence-corrected chi connectivity index (χ2v) is 3.78. The van der Waals surface area contributed by atoms with Gasteiger partial charge >= 0.3 is 5.97 Å². The lowest BCUT2D eigenvalue weighted by Gasteiger charge is -2.01. The average molecular weight is 213 g/mol. The first-order valence-corrected chi connectivity index (χ1v) is 5.83. The molecule has 0 aromatic rings. The monoisotopic (exact) mass is 213 g/mol. The Morgan fingerprint density at radius 2 is 1.60 bits per heavy atom. The van der Waals surface area contributed by atoms with Crippen molar-refractivity contribution in [3.63, 3.8) is 0 Å². The number of hydrogen-bond acceptors (Lipinski definition) is 2. The molecule has 2 N–H and O–H groups in total. The number of hydrogen-bond donors (Lipinski definition) is 2. The van der Waals surface area contributed by atoms with Gasteiger partial charge in [0.25, 0.3) is 0 Å². The highest BCUT2D eigenvalue weighted by molar-refractivity contribution is 5.66. The molecule has 0 unspecified atom stereocenters. The van der Waals surface area contributed by atoms with Gasteiger partial charge in [-0.15, -0.1) is 0 Å². The van der Waals surface area contributed by atoms with Gasteiger partial charge in [0.05, 0.1) is 0 Å². The molecule has 0 atom stereocenters. The summed E-state index contributed by atoms with van der Waals surface area (Å²) in [5, 5.41) is 11.5. The Bertz CT molecular complexity index is 169. The molecule has 0 bridgehead atoms. The van der Waals surface area contributed by atoms with E-state index < -0.39 is 5.97 Å². The van der Waals surface area contributed by atoms with Crippen LogP contribution in [0.25, 0.3) is 0 Å². The fourth-order valence-corrected chi connectivity index (χ4v) is 1.49. The minimum Gasteiger partial charge on any atom is -0.481 e. The zero-order valence-electron chi connectivity index (χ0n) is 9.50. The minimum atomic E-state index is -0.675. The van der Waals surface area contributed by atoms with Crippen LogP contribution in [0, 0.1) is 0 Å². The summed E-state index contributed by atoms with van der Waals surface area (Å²) in [6, 6.07) is 0. The molecule has 0 rings (SSSR count). The van der Waals surface area contributed by atoms with E-state index in [1.54, 1.807) is 6.20 Å². The summed E-state index contributed by atoms with van der Waals surface area (Å²) in [4.78, 5) is 10.2. The molecular weight excluding hydrogens is 190 g/mol. The van der Waals surface area contributed by atoms with Crippen LogP contribution in [0.3, 0.4) is 0 Å². The normalized spacial score (nSPS) is 9.87. The van der Waals surface area contributed by atoms with Crippen molar-refractivity contribution >= 4 is 5.97 Å². The third kappa shape index (κ3) is 13.0. The van der Waals surface area contributed by atoms with Crippen LogP contribution in [-0.2, 0) is 4.79 Å². The van der Waals surface area contributed by atoms with Gasteiger partial charge in [0.2, 0.25) is 0 Å². The predicted octanol–water partition coefficient (Wildman–Crippen LogP) is 2.92. The molecule has 0 aliphatic heterocycles. The Morgan fingerprint density at radius 1 is 1.07 bits per heavy atom. The SMILES string of the molecule is C=CNCCCCCCCCCC(=O)O. The number of rotatable bonds is 11. The first-order valence-electron chi connectivity index (χ1n) is 5.83. The van der Waals surface area contributed by atoms with Gasteiger partial charge in [-0.25, -0.2) is 0 Å². The van der Waals surface area contributed by atoms with Gasteiger partial charge in [-0.2, -0.15) is 0 Å². The molecule has 0 radical (unpaired) electrons. The molecule has 0 saturated heterocycles. The third-order valence-corrected chi connectivity index (χ3v) is 2.36. The largest absolute Gasteiger partial charge is 0.481 e. The topological polar surface area (TPSA) is 49.3 Å². The molecule has 0 aromatic carbocycles. The van der Waals surface area contributed by atoms with E-state index in [9.17, 15) is 4.79 Å². The molecule has 0 spiro atoms. The van der Waals surface area contributed by atoms with Crippen molar-refractivity contribution in [3.8, 4) is 0 Å². The van der Waals surface area contributed by atoms with Crippen molar-refractivity contribution < 1.29 is 9.90 Å². The van der Waals surface area contributed by atoms with E-state index in [4.69, 9.17) is 5.11 Å². The van der Waals surface area contributed by atoms with Crippen molar-refractivity contribution in [2.45, 2.75) is 51.4 Å². The van der Waals surface area contributed by atoms with E-state index in [-0.39, 0.29) is 0 Å². The maximum atomic E-state index is 10.2. The van der Waals surface area contributed by atoms with Crippen molar-refractivity contribution in [1.82, 2.24) is 5.32 Å². The van der Waals surface area contributed by atoms with Gasteiger partial charge in [0.15, 0.2) is 0 Å². The Morgan fingerprint density at radius 3 is 2.13 bits per heavy atom.